The Morgan fingerprint density at radius 1 is 1.47 bits per heavy atom. The van der Waals surface area contributed by atoms with Crippen LogP contribution in [0.25, 0.3) is 0 Å². The first kappa shape index (κ1) is 11.5. The van der Waals surface area contributed by atoms with Gasteiger partial charge in [-0.25, -0.2) is 0 Å². The van der Waals surface area contributed by atoms with Crippen molar-refractivity contribution in [2.75, 3.05) is 19.4 Å². The first-order valence-corrected chi connectivity index (χ1v) is 4.87. The van der Waals surface area contributed by atoms with Crippen LogP contribution in [0.1, 0.15) is 18.6 Å². The smallest absolute Gasteiger partial charge is 0.253 e. The minimum Gasteiger partial charge on any atom is -0.399 e. The van der Waals surface area contributed by atoms with E-state index in [0.29, 0.717) is 12.3 Å². The predicted molar refractivity (Wildman–Crippen MR) is 59.3 cm³/mol. The number of likely N-dealkylation sites (N-methyl/N-ethyl adjacent to an activating group) is 1. The van der Waals surface area contributed by atoms with E-state index in [1.54, 1.807) is 31.3 Å². The Bertz CT molecular complexity index is 322. The summed E-state index contributed by atoms with van der Waals surface area (Å²) in [6.07, 6.45) is -0.555. The quantitative estimate of drug-likeness (QED) is 0.728. The number of amides is 1. The molecule has 1 amide bonds. The molecule has 1 rings (SSSR count). The molecule has 1 aromatic carbocycles. The molecule has 0 aliphatic carbocycles. The molecule has 1 atom stereocenters. The lowest BCUT2D eigenvalue weighted by atomic mass is 10.1. The monoisotopic (exact) mass is 208 g/mol. The van der Waals surface area contributed by atoms with Crippen molar-refractivity contribution in [2.24, 2.45) is 0 Å². The molecule has 4 nitrogen and oxygen atoms in total. The summed E-state index contributed by atoms with van der Waals surface area (Å²) in [5, 5.41) is 2.57. The maximum atomic E-state index is 11.5. The lowest BCUT2D eigenvalue weighted by Crippen LogP contribution is -2.27. The number of hydrogen-bond donors (Lipinski definition) is 2. The summed E-state index contributed by atoms with van der Waals surface area (Å²) < 4.78 is 5.37. The Kier molecular flexibility index (Phi) is 4.12. The van der Waals surface area contributed by atoms with E-state index < -0.39 is 6.10 Å². The summed E-state index contributed by atoms with van der Waals surface area (Å²) in [7, 11) is 1.59. The number of rotatable bonds is 4. The number of carbonyl (C=O) groups excluding carboxylic acids is 1. The van der Waals surface area contributed by atoms with Crippen LogP contribution in [0.2, 0.25) is 0 Å². The van der Waals surface area contributed by atoms with Gasteiger partial charge in [0.05, 0.1) is 0 Å². The van der Waals surface area contributed by atoms with E-state index >= 15 is 0 Å². The maximum absolute atomic E-state index is 11.5. The molecule has 0 aliphatic heterocycles. The lowest BCUT2D eigenvalue weighted by Gasteiger charge is -2.15. The average molecular weight is 208 g/mol. The molecule has 0 radical (unpaired) electrons. The highest BCUT2D eigenvalue weighted by atomic mass is 16.5. The van der Waals surface area contributed by atoms with E-state index in [0.717, 1.165) is 5.56 Å². The molecule has 0 fully saturated rings. The Morgan fingerprint density at radius 2 is 2.07 bits per heavy atom. The zero-order chi connectivity index (χ0) is 11.3. The van der Waals surface area contributed by atoms with Crippen molar-refractivity contribution >= 4 is 11.6 Å². The molecule has 0 saturated heterocycles. The van der Waals surface area contributed by atoms with Crippen LogP contribution in [0.3, 0.4) is 0 Å². The highest BCUT2D eigenvalue weighted by Gasteiger charge is 2.18. The van der Waals surface area contributed by atoms with Crippen molar-refractivity contribution in [1.82, 2.24) is 5.32 Å². The summed E-state index contributed by atoms with van der Waals surface area (Å²) in [6, 6.07) is 7.10. The summed E-state index contributed by atoms with van der Waals surface area (Å²) in [5.74, 6) is -0.151. The standard InChI is InChI=1S/C11H16N2O2/c1-3-15-10(11(14)13-2)8-4-6-9(12)7-5-8/h4-7,10H,3,12H2,1-2H3,(H,13,14). The topological polar surface area (TPSA) is 64.3 Å². The van der Waals surface area contributed by atoms with Crippen LogP contribution >= 0.6 is 0 Å². The number of nitrogen functional groups attached to an aromatic ring is 1. The van der Waals surface area contributed by atoms with Crippen molar-refractivity contribution in [3.05, 3.63) is 29.8 Å². The third-order valence-corrected chi connectivity index (χ3v) is 2.06. The van der Waals surface area contributed by atoms with Crippen LogP contribution < -0.4 is 11.1 Å². The van der Waals surface area contributed by atoms with Crippen molar-refractivity contribution in [3.63, 3.8) is 0 Å². The molecule has 3 N–H and O–H groups in total. The average Bonchev–Trinajstić information content (AvgIpc) is 2.26. The Labute approximate surface area is 89.4 Å². The lowest BCUT2D eigenvalue weighted by molar-refractivity contribution is -0.132. The van der Waals surface area contributed by atoms with Crippen molar-refractivity contribution in [1.29, 1.82) is 0 Å². The van der Waals surface area contributed by atoms with Gasteiger partial charge < -0.3 is 15.8 Å². The Hall–Kier alpha value is -1.55. The van der Waals surface area contributed by atoms with Gasteiger partial charge in [0, 0.05) is 19.3 Å². The second-order valence-corrected chi connectivity index (χ2v) is 3.12. The second kappa shape index (κ2) is 5.36. The number of nitrogens with two attached hydrogens (primary N) is 1. The minimum absolute atomic E-state index is 0.151. The van der Waals surface area contributed by atoms with Crippen LogP contribution in [0.5, 0.6) is 0 Å². The molecule has 0 heterocycles. The Morgan fingerprint density at radius 3 is 2.53 bits per heavy atom. The molecule has 0 aromatic heterocycles. The van der Waals surface area contributed by atoms with Gasteiger partial charge in [0.2, 0.25) is 0 Å². The molecular formula is C11H16N2O2. The van der Waals surface area contributed by atoms with Crippen molar-refractivity contribution in [3.8, 4) is 0 Å². The molecule has 0 saturated carbocycles. The van der Waals surface area contributed by atoms with E-state index in [9.17, 15) is 4.79 Å². The van der Waals surface area contributed by atoms with E-state index in [4.69, 9.17) is 10.5 Å². The SMILES string of the molecule is CCOC(C(=O)NC)c1ccc(N)cc1. The van der Waals surface area contributed by atoms with Gasteiger partial charge >= 0.3 is 0 Å². The second-order valence-electron chi connectivity index (χ2n) is 3.12. The van der Waals surface area contributed by atoms with Crippen LogP contribution in [0.4, 0.5) is 5.69 Å². The molecule has 0 aliphatic rings. The van der Waals surface area contributed by atoms with Crippen LogP contribution in [-0.4, -0.2) is 19.6 Å². The van der Waals surface area contributed by atoms with Gasteiger partial charge in [-0.05, 0) is 24.6 Å². The van der Waals surface area contributed by atoms with E-state index in [1.165, 1.54) is 0 Å². The molecular weight excluding hydrogens is 192 g/mol. The van der Waals surface area contributed by atoms with Crippen molar-refractivity contribution in [2.45, 2.75) is 13.0 Å². The maximum Gasteiger partial charge on any atom is 0.253 e. The van der Waals surface area contributed by atoms with E-state index in [2.05, 4.69) is 5.32 Å². The number of benzene rings is 1. The molecule has 1 aromatic rings. The largest absolute Gasteiger partial charge is 0.399 e. The summed E-state index contributed by atoms with van der Waals surface area (Å²) in [5.41, 5.74) is 7.05. The number of ether oxygens (including phenoxy) is 1. The van der Waals surface area contributed by atoms with Gasteiger partial charge in [0.1, 0.15) is 0 Å². The molecule has 4 heteroatoms. The first-order chi connectivity index (χ1) is 7.19. The van der Waals surface area contributed by atoms with Crippen LogP contribution in [-0.2, 0) is 9.53 Å². The molecule has 0 spiro atoms. The van der Waals surface area contributed by atoms with Gasteiger partial charge in [-0.2, -0.15) is 0 Å². The van der Waals surface area contributed by atoms with Gasteiger partial charge in [0.25, 0.3) is 5.91 Å². The highest BCUT2D eigenvalue weighted by molar-refractivity contribution is 5.82. The Balaban J connectivity index is 2.88. The summed E-state index contributed by atoms with van der Waals surface area (Å²) in [6.45, 7) is 2.34. The fraction of sp³-hybridized carbons (Fsp3) is 0.364. The van der Waals surface area contributed by atoms with E-state index in [1.807, 2.05) is 6.92 Å². The fourth-order valence-electron chi connectivity index (χ4n) is 1.29. The molecule has 82 valence electrons. The third-order valence-electron chi connectivity index (χ3n) is 2.06. The van der Waals surface area contributed by atoms with Gasteiger partial charge in [-0.3, -0.25) is 4.79 Å². The van der Waals surface area contributed by atoms with Gasteiger partial charge in [0.15, 0.2) is 6.10 Å². The summed E-state index contributed by atoms with van der Waals surface area (Å²) in [4.78, 5) is 11.5. The fourth-order valence-corrected chi connectivity index (χ4v) is 1.29. The zero-order valence-corrected chi connectivity index (χ0v) is 8.99. The van der Waals surface area contributed by atoms with Crippen LogP contribution in [0.15, 0.2) is 24.3 Å². The van der Waals surface area contributed by atoms with Gasteiger partial charge in [-0.1, -0.05) is 12.1 Å². The highest BCUT2D eigenvalue weighted by Crippen LogP contribution is 2.18. The molecule has 1 unspecified atom stereocenters. The number of hydrogen-bond acceptors (Lipinski definition) is 3. The van der Waals surface area contributed by atoms with Gasteiger partial charge in [-0.15, -0.1) is 0 Å². The predicted octanol–water partition coefficient (Wildman–Crippen LogP) is 1.09. The third kappa shape index (κ3) is 2.95. The zero-order valence-electron chi connectivity index (χ0n) is 8.99. The minimum atomic E-state index is -0.555. The van der Waals surface area contributed by atoms with Crippen molar-refractivity contribution < 1.29 is 9.53 Å². The summed E-state index contributed by atoms with van der Waals surface area (Å²) >= 11 is 0. The normalized spacial score (nSPS) is 12.1. The molecule has 15 heavy (non-hydrogen) atoms. The first-order valence-electron chi connectivity index (χ1n) is 4.87. The van der Waals surface area contributed by atoms with Crippen LogP contribution in [0, 0.1) is 0 Å². The van der Waals surface area contributed by atoms with E-state index in [-0.39, 0.29) is 5.91 Å². The number of nitrogens with one attached hydrogen (secondary N) is 1. The number of carbonyl (C=O) groups is 1. The number of anilines is 1. The molecule has 0 bridgehead atoms.